The molecule has 1 aromatic heterocycles. The fourth-order valence-corrected chi connectivity index (χ4v) is 3.73. The summed E-state index contributed by atoms with van der Waals surface area (Å²) in [7, 11) is 0. The Hall–Kier alpha value is -0.930. The average Bonchev–Trinajstić information content (AvgIpc) is 2.42. The van der Waals surface area contributed by atoms with Crippen molar-refractivity contribution in [2.45, 2.75) is 39.2 Å². The highest BCUT2D eigenvalue weighted by atomic mass is 15.1. The fourth-order valence-electron chi connectivity index (χ4n) is 3.73. The highest BCUT2D eigenvalue weighted by Crippen LogP contribution is 2.36. The summed E-state index contributed by atoms with van der Waals surface area (Å²) in [6.45, 7) is 8.20. The van der Waals surface area contributed by atoms with E-state index in [-0.39, 0.29) is 0 Å². The molecule has 2 fully saturated rings. The molecule has 1 atom stereocenters. The molecule has 0 saturated carbocycles. The van der Waals surface area contributed by atoms with Crippen molar-refractivity contribution in [2.75, 3.05) is 26.2 Å². The third-order valence-corrected chi connectivity index (χ3v) is 4.84. The maximum Gasteiger partial charge on any atom is 0.0315 e. The number of nitrogens with one attached hydrogen (secondary N) is 1. The lowest BCUT2D eigenvalue weighted by molar-refractivity contribution is 0.0599. The van der Waals surface area contributed by atoms with Crippen LogP contribution in [0.25, 0.3) is 0 Å². The Bertz CT molecular complexity index is 418. The first-order valence-corrected chi connectivity index (χ1v) is 7.60. The van der Waals surface area contributed by atoms with Crippen molar-refractivity contribution < 1.29 is 0 Å². The zero-order valence-corrected chi connectivity index (χ0v) is 12.0. The molecule has 1 N–H and O–H groups in total. The van der Waals surface area contributed by atoms with Gasteiger partial charge in [0, 0.05) is 32.0 Å². The van der Waals surface area contributed by atoms with Gasteiger partial charge in [0.05, 0.1) is 0 Å². The lowest BCUT2D eigenvalue weighted by Gasteiger charge is -2.45. The predicted octanol–water partition coefficient (Wildman–Crippen LogP) is 2.36. The molecule has 3 heteroatoms. The molecule has 104 valence electrons. The van der Waals surface area contributed by atoms with Crippen LogP contribution in [-0.2, 0) is 6.54 Å². The standard InChI is InChI=1S/C16H25N3/c1-14-4-8-17-10-15(14)11-19-9-3-6-16(13-19)5-2-7-18-12-16/h4,8,10,18H,2-3,5-7,9,11-13H2,1H3. The van der Waals surface area contributed by atoms with Crippen LogP contribution in [0.4, 0.5) is 0 Å². The SMILES string of the molecule is Cc1ccncc1CN1CCCC2(CCCNC2)C1. The molecule has 1 spiro atoms. The maximum atomic E-state index is 4.28. The van der Waals surface area contributed by atoms with E-state index in [4.69, 9.17) is 0 Å². The van der Waals surface area contributed by atoms with Gasteiger partial charge >= 0.3 is 0 Å². The van der Waals surface area contributed by atoms with Crippen LogP contribution >= 0.6 is 0 Å². The minimum atomic E-state index is 0.548. The van der Waals surface area contributed by atoms with Gasteiger partial charge in [0.25, 0.3) is 0 Å². The highest BCUT2D eigenvalue weighted by Gasteiger charge is 2.36. The van der Waals surface area contributed by atoms with Crippen LogP contribution in [0.3, 0.4) is 0 Å². The van der Waals surface area contributed by atoms with E-state index in [1.54, 1.807) is 0 Å². The van der Waals surface area contributed by atoms with Gasteiger partial charge in [-0.15, -0.1) is 0 Å². The molecule has 3 rings (SSSR count). The largest absolute Gasteiger partial charge is 0.316 e. The second-order valence-electron chi connectivity index (χ2n) is 6.40. The quantitative estimate of drug-likeness (QED) is 0.883. The Labute approximate surface area is 116 Å². The lowest BCUT2D eigenvalue weighted by Crippen LogP contribution is -2.50. The van der Waals surface area contributed by atoms with Gasteiger partial charge in [0.2, 0.25) is 0 Å². The van der Waals surface area contributed by atoms with Crippen LogP contribution in [0.2, 0.25) is 0 Å². The minimum absolute atomic E-state index is 0.548. The van der Waals surface area contributed by atoms with Gasteiger partial charge in [-0.05, 0) is 68.3 Å². The number of pyridine rings is 1. The smallest absolute Gasteiger partial charge is 0.0315 e. The molecule has 2 aliphatic heterocycles. The number of aryl methyl sites for hydroxylation is 1. The van der Waals surface area contributed by atoms with Crippen molar-refractivity contribution in [3.63, 3.8) is 0 Å². The molecule has 0 aliphatic carbocycles. The van der Waals surface area contributed by atoms with E-state index in [0.717, 1.165) is 6.54 Å². The first-order valence-electron chi connectivity index (χ1n) is 7.60. The number of hydrogen-bond donors (Lipinski definition) is 1. The number of hydrogen-bond acceptors (Lipinski definition) is 3. The van der Waals surface area contributed by atoms with E-state index >= 15 is 0 Å². The average molecular weight is 259 g/mol. The van der Waals surface area contributed by atoms with Gasteiger partial charge in [0.1, 0.15) is 0 Å². The molecule has 3 nitrogen and oxygen atoms in total. The zero-order chi connectivity index (χ0) is 13.1. The molecule has 0 bridgehead atoms. The van der Waals surface area contributed by atoms with Gasteiger partial charge in [-0.1, -0.05) is 0 Å². The number of piperidine rings is 2. The Morgan fingerprint density at radius 2 is 2.26 bits per heavy atom. The van der Waals surface area contributed by atoms with Gasteiger partial charge < -0.3 is 5.32 Å². The van der Waals surface area contributed by atoms with Gasteiger partial charge in [-0.25, -0.2) is 0 Å². The van der Waals surface area contributed by atoms with Crippen molar-refractivity contribution in [1.82, 2.24) is 15.2 Å². The molecule has 1 aromatic rings. The monoisotopic (exact) mass is 259 g/mol. The van der Waals surface area contributed by atoms with E-state index in [9.17, 15) is 0 Å². The van der Waals surface area contributed by atoms with Crippen LogP contribution in [0.15, 0.2) is 18.5 Å². The molecule has 19 heavy (non-hydrogen) atoms. The summed E-state index contributed by atoms with van der Waals surface area (Å²) in [4.78, 5) is 6.92. The van der Waals surface area contributed by atoms with Gasteiger partial charge in [-0.3, -0.25) is 9.88 Å². The normalized spacial score (nSPS) is 28.7. The summed E-state index contributed by atoms with van der Waals surface area (Å²) in [6.07, 6.45) is 9.43. The Morgan fingerprint density at radius 3 is 3.05 bits per heavy atom. The van der Waals surface area contributed by atoms with Crippen molar-refractivity contribution in [2.24, 2.45) is 5.41 Å². The molecule has 0 amide bonds. The van der Waals surface area contributed by atoms with E-state index in [1.807, 2.05) is 12.4 Å². The van der Waals surface area contributed by atoms with E-state index in [2.05, 4.69) is 28.2 Å². The zero-order valence-electron chi connectivity index (χ0n) is 12.0. The summed E-state index contributed by atoms with van der Waals surface area (Å²) in [5, 5.41) is 3.60. The van der Waals surface area contributed by atoms with Gasteiger partial charge in [0.15, 0.2) is 0 Å². The fraction of sp³-hybridized carbons (Fsp3) is 0.688. The summed E-state index contributed by atoms with van der Waals surface area (Å²) in [6, 6.07) is 2.12. The first kappa shape index (κ1) is 13.1. The van der Waals surface area contributed by atoms with Crippen LogP contribution in [0.5, 0.6) is 0 Å². The number of aromatic nitrogens is 1. The summed E-state index contributed by atoms with van der Waals surface area (Å²) in [5.41, 5.74) is 3.31. The summed E-state index contributed by atoms with van der Waals surface area (Å²) >= 11 is 0. The topological polar surface area (TPSA) is 28.2 Å². The van der Waals surface area contributed by atoms with E-state index in [0.29, 0.717) is 5.41 Å². The molecule has 3 heterocycles. The van der Waals surface area contributed by atoms with Crippen molar-refractivity contribution >= 4 is 0 Å². The van der Waals surface area contributed by atoms with Crippen LogP contribution in [0, 0.1) is 12.3 Å². The Balaban J connectivity index is 1.67. The highest BCUT2D eigenvalue weighted by molar-refractivity contribution is 5.21. The lowest BCUT2D eigenvalue weighted by atomic mass is 9.74. The number of rotatable bonds is 2. The third-order valence-electron chi connectivity index (χ3n) is 4.84. The van der Waals surface area contributed by atoms with Crippen molar-refractivity contribution in [1.29, 1.82) is 0 Å². The second-order valence-corrected chi connectivity index (χ2v) is 6.40. The van der Waals surface area contributed by atoms with Crippen LogP contribution < -0.4 is 5.32 Å². The maximum absolute atomic E-state index is 4.28. The van der Waals surface area contributed by atoms with Crippen molar-refractivity contribution in [3.8, 4) is 0 Å². The Kier molecular flexibility index (Phi) is 3.85. The number of nitrogens with zero attached hydrogens (tertiary/aromatic N) is 2. The molecular weight excluding hydrogens is 234 g/mol. The van der Waals surface area contributed by atoms with Crippen LogP contribution in [0.1, 0.15) is 36.8 Å². The number of likely N-dealkylation sites (tertiary alicyclic amines) is 1. The summed E-state index contributed by atoms with van der Waals surface area (Å²) in [5.74, 6) is 0. The predicted molar refractivity (Wildman–Crippen MR) is 78.0 cm³/mol. The first-order chi connectivity index (χ1) is 9.27. The van der Waals surface area contributed by atoms with Crippen LogP contribution in [-0.4, -0.2) is 36.1 Å². The summed E-state index contributed by atoms with van der Waals surface area (Å²) < 4.78 is 0. The van der Waals surface area contributed by atoms with E-state index < -0.39 is 0 Å². The molecule has 0 radical (unpaired) electrons. The minimum Gasteiger partial charge on any atom is -0.316 e. The second kappa shape index (κ2) is 5.59. The third kappa shape index (κ3) is 2.98. The molecule has 2 aliphatic rings. The molecule has 2 saturated heterocycles. The van der Waals surface area contributed by atoms with E-state index in [1.165, 1.54) is 63.0 Å². The molecular formula is C16H25N3. The van der Waals surface area contributed by atoms with Gasteiger partial charge in [-0.2, -0.15) is 0 Å². The molecule has 1 unspecified atom stereocenters. The molecule has 0 aromatic carbocycles. The Morgan fingerprint density at radius 1 is 1.37 bits per heavy atom. The van der Waals surface area contributed by atoms with Crippen molar-refractivity contribution in [3.05, 3.63) is 29.6 Å².